The van der Waals surface area contributed by atoms with Crippen LogP contribution in [0.25, 0.3) is 5.76 Å². The van der Waals surface area contributed by atoms with Gasteiger partial charge in [0.15, 0.2) is 0 Å². The van der Waals surface area contributed by atoms with Crippen LogP contribution in [0.2, 0.25) is 0 Å². The number of aliphatic carboxylic acids is 1. The summed E-state index contributed by atoms with van der Waals surface area (Å²) in [5.74, 6) is -1.96. The fraction of sp³-hybridized carbons (Fsp3) is 0.333. The molecule has 1 aromatic rings. The topological polar surface area (TPSA) is 128 Å². The van der Waals surface area contributed by atoms with Crippen molar-refractivity contribution in [3.05, 3.63) is 29.8 Å². The Morgan fingerprint density at radius 1 is 1.41 bits per heavy atom. The molecule has 1 unspecified atom stereocenters. The maximum Gasteiger partial charge on any atom is 0.343 e. The number of carboxylic acids is 1. The molecule has 1 aromatic carbocycles. The molecule has 7 nitrogen and oxygen atoms in total. The second-order valence-electron chi connectivity index (χ2n) is 5.59. The van der Waals surface area contributed by atoms with Crippen LogP contribution < -0.4 is 16.8 Å². The highest BCUT2D eigenvalue weighted by Gasteiger charge is 2.47. The third-order valence-electron chi connectivity index (χ3n) is 3.33. The number of nitrogens with two attached hydrogens (primary N) is 2. The summed E-state index contributed by atoms with van der Waals surface area (Å²) in [5.41, 5.74) is 10.3. The Kier molecular flexibility index (Phi) is 3.99. The predicted octanol–water partition coefficient (Wildman–Crippen LogP) is 1.02. The summed E-state index contributed by atoms with van der Waals surface area (Å²) in [6.45, 7) is 4.29. The summed E-state index contributed by atoms with van der Waals surface area (Å²) < 4.78 is 5.68. The lowest BCUT2D eigenvalue weighted by Gasteiger charge is -2.32. The first kappa shape index (κ1) is 15.7. The van der Waals surface area contributed by atoms with E-state index in [2.05, 4.69) is 5.32 Å². The van der Waals surface area contributed by atoms with Crippen LogP contribution in [0.1, 0.15) is 19.4 Å². The number of nitrogen functional groups attached to an aromatic ring is 1. The number of primary amides is 1. The number of ether oxygens (including phenoxy) is 1. The van der Waals surface area contributed by atoms with E-state index in [0.717, 1.165) is 0 Å². The number of fused-ring (bicyclic) bond motifs is 1. The van der Waals surface area contributed by atoms with Gasteiger partial charge in [0.25, 0.3) is 5.91 Å². The van der Waals surface area contributed by atoms with Gasteiger partial charge in [0.1, 0.15) is 5.76 Å². The van der Waals surface area contributed by atoms with Crippen LogP contribution in [-0.4, -0.2) is 29.1 Å². The molecule has 1 heterocycles. The van der Waals surface area contributed by atoms with Crippen LogP contribution in [0.3, 0.4) is 0 Å². The number of carboxylic acid groups (broad SMARTS) is 1. The van der Waals surface area contributed by atoms with E-state index in [9.17, 15) is 14.7 Å². The molecule has 2 rings (SSSR count). The Hall–Kier alpha value is -2.70. The number of para-hydroxylation sites is 1. The molecule has 0 aromatic heterocycles. The lowest BCUT2D eigenvalue weighted by molar-refractivity contribution is -0.144. The number of benzene rings is 1. The van der Waals surface area contributed by atoms with Crippen LogP contribution in [0.5, 0.6) is 0 Å². The zero-order valence-electron chi connectivity index (χ0n) is 12.4. The molecule has 0 aliphatic carbocycles. The molecular formula is C15H19N3O4. The molecular weight excluding hydrogens is 286 g/mol. The number of carbonyl (C=O) groups excluding carboxylic acids is 1. The van der Waals surface area contributed by atoms with Gasteiger partial charge < -0.3 is 26.6 Å². The van der Waals surface area contributed by atoms with E-state index in [1.165, 1.54) is 6.08 Å². The van der Waals surface area contributed by atoms with Crippen molar-refractivity contribution in [3.8, 4) is 0 Å². The standard InChI is InChI=1S/C15H19N3O4/c1-8(2)7-22-11-6-15(13(17)19,14(20)21)18-12-9(11)4-3-5-10(12)16/h3-6,8,18H,7,16H2,1-2H3,(H2,17,19)(H,20,21). The van der Waals surface area contributed by atoms with Gasteiger partial charge in [-0.15, -0.1) is 0 Å². The minimum Gasteiger partial charge on any atom is -0.493 e. The van der Waals surface area contributed by atoms with E-state index in [0.29, 0.717) is 23.5 Å². The summed E-state index contributed by atoms with van der Waals surface area (Å²) in [6.07, 6.45) is 1.20. The van der Waals surface area contributed by atoms with Crippen molar-refractivity contribution in [3.63, 3.8) is 0 Å². The third-order valence-corrected chi connectivity index (χ3v) is 3.33. The van der Waals surface area contributed by atoms with Gasteiger partial charge in [-0.05, 0) is 18.1 Å². The van der Waals surface area contributed by atoms with E-state index in [1.807, 2.05) is 13.8 Å². The normalized spacial score (nSPS) is 19.9. The first-order valence-electron chi connectivity index (χ1n) is 6.84. The Labute approximate surface area is 127 Å². The molecule has 0 saturated carbocycles. The number of amides is 1. The van der Waals surface area contributed by atoms with Crippen molar-refractivity contribution in [2.75, 3.05) is 17.7 Å². The van der Waals surface area contributed by atoms with Crippen molar-refractivity contribution >= 4 is 29.0 Å². The Morgan fingerprint density at radius 2 is 2.09 bits per heavy atom. The first-order valence-corrected chi connectivity index (χ1v) is 6.84. The number of carbonyl (C=O) groups is 2. The molecule has 0 saturated heterocycles. The molecule has 6 N–H and O–H groups in total. The van der Waals surface area contributed by atoms with Crippen molar-refractivity contribution in [1.82, 2.24) is 0 Å². The zero-order valence-corrected chi connectivity index (χ0v) is 12.4. The van der Waals surface area contributed by atoms with Gasteiger partial charge >= 0.3 is 5.97 Å². The van der Waals surface area contributed by atoms with Gasteiger partial charge in [0, 0.05) is 11.6 Å². The highest BCUT2D eigenvalue weighted by atomic mass is 16.5. The molecule has 0 spiro atoms. The number of anilines is 2. The van der Waals surface area contributed by atoms with Crippen LogP contribution in [0.4, 0.5) is 11.4 Å². The lowest BCUT2D eigenvalue weighted by Crippen LogP contribution is -2.56. The Morgan fingerprint density at radius 3 is 2.64 bits per heavy atom. The summed E-state index contributed by atoms with van der Waals surface area (Å²) in [5, 5.41) is 12.1. The van der Waals surface area contributed by atoms with Crippen LogP contribution in [0, 0.1) is 5.92 Å². The highest BCUT2D eigenvalue weighted by Crippen LogP contribution is 2.38. The average molecular weight is 305 g/mol. The smallest absolute Gasteiger partial charge is 0.343 e. The molecule has 0 bridgehead atoms. The maximum absolute atomic E-state index is 11.8. The minimum absolute atomic E-state index is 0.230. The fourth-order valence-corrected chi connectivity index (χ4v) is 2.15. The molecule has 1 aliphatic heterocycles. The largest absolute Gasteiger partial charge is 0.493 e. The van der Waals surface area contributed by atoms with Crippen molar-refractivity contribution < 1.29 is 19.4 Å². The Bertz CT molecular complexity index is 638. The highest BCUT2D eigenvalue weighted by molar-refractivity contribution is 6.14. The lowest BCUT2D eigenvalue weighted by atomic mass is 9.90. The van der Waals surface area contributed by atoms with E-state index < -0.39 is 17.4 Å². The number of hydrogen-bond donors (Lipinski definition) is 4. The second-order valence-corrected chi connectivity index (χ2v) is 5.59. The van der Waals surface area contributed by atoms with E-state index >= 15 is 0 Å². The van der Waals surface area contributed by atoms with Crippen molar-refractivity contribution in [2.24, 2.45) is 11.7 Å². The van der Waals surface area contributed by atoms with Gasteiger partial charge in [-0.25, -0.2) is 4.79 Å². The number of rotatable bonds is 5. The fourth-order valence-electron chi connectivity index (χ4n) is 2.15. The summed E-state index contributed by atoms with van der Waals surface area (Å²) >= 11 is 0. The molecule has 1 aliphatic rings. The van der Waals surface area contributed by atoms with Gasteiger partial charge in [0.2, 0.25) is 5.54 Å². The van der Waals surface area contributed by atoms with Crippen molar-refractivity contribution in [2.45, 2.75) is 19.4 Å². The van der Waals surface area contributed by atoms with Crippen molar-refractivity contribution in [1.29, 1.82) is 0 Å². The molecule has 7 heteroatoms. The zero-order chi connectivity index (χ0) is 16.5. The van der Waals surface area contributed by atoms with E-state index in [-0.39, 0.29) is 11.7 Å². The van der Waals surface area contributed by atoms with Gasteiger partial charge in [-0.1, -0.05) is 19.9 Å². The molecule has 0 fully saturated rings. The van der Waals surface area contributed by atoms with E-state index in [1.54, 1.807) is 18.2 Å². The summed E-state index contributed by atoms with van der Waals surface area (Å²) in [6, 6.07) is 5.06. The molecule has 1 amide bonds. The Balaban J connectivity index is 2.59. The third kappa shape index (κ3) is 2.57. The second kappa shape index (κ2) is 5.59. The molecule has 1 atom stereocenters. The van der Waals surface area contributed by atoms with Gasteiger partial charge in [-0.2, -0.15) is 0 Å². The summed E-state index contributed by atoms with van der Waals surface area (Å²) in [4.78, 5) is 23.4. The maximum atomic E-state index is 11.8. The minimum atomic E-state index is -2.09. The molecule has 0 radical (unpaired) electrons. The quantitative estimate of drug-likeness (QED) is 0.475. The SMILES string of the molecule is CC(C)COC1=CC(C(N)=O)(C(=O)O)Nc2c(N)cccc21. The monoisotopic (exact) mass is 305 g/mol. The van der Waals surface area contributed by atoms with Gasteiger partial charge in [-0.3, -0.25) is 4.79 Å². The predicted molar refractivity (Wildman–Crippen MR) is 82.8 cm³/mol. The number of nitrogens with one attached hydrogen (secondary N) is 1. The van der Waals surface area contributed by atoms with Crippen LogP contribution >= 0.6 is 0 Å². The molecule has 22 heavy (non-hydrogen) atoms. The van der Waals surface area contributed by atoms with Gasteiger partial charge in [0.05, 0.1) is 18.0 Å². The average Bonchev–Trinajstić information content (AvgIpc) is 2.44. The van der Waals surface area contributed by atoms with E-state index in [4.69, 9.17) is 16.2 Å². The first-order chi connectivity index (χ1) is 10.3. The number of hydrogen-bond acceptors (Lipinski definition) is 5. The summed E-state index contributed by atoms with van der Waals surface area (Å²) in [7, 11) is 0. The van der Waals surface area contributed by atoms with Crippen LogP contribution in [-0.2, 0) is 14.3 Å². The molecule has 118 valence electrons. The van der Waals surface area contributed by atoms with Crippen LogP contribution in [0.15, 0.2) is 24.3 Å².